The standard InChI is InChI=1S/C78H90O7/c1-71(2,3)43-75(13,14)48-23-31-52(32-24-48)81-58-39-21-47-22-40-59(82-53-33-25-49(26-34-53)76(15,16)44-72(4,5)6)65-62(47)64(58)66-60(83-54-35-27-50(28-36-54)77(17,18)45-73(7,8)9)41-56-63-57(70(80)85-69(56)79)42-61(67(65)68(63)66)84-55-37-29-51(30-38-55)78(19,20)46-74(10,11)12/h21-42H,43-46H2,1-20H3. The highest BCUT2D eigenvalue weighted by atomic mass is 16.6. The number of esters is 2. The number of ether oxygens (including phenoxy) is 5. The molecule has 0 bridgehead atoms. The van der Waals surface area contributed by atoms with Crippen LogP contribution in [0, 0.1) is 21.7 Å². The molecule has 1 heterocycles. The van der Waals surface area contributed by atoms with Gasteiger partial charge in [0, 0.05) is 37.7 Å². The zero-order valence-electron chi connectivity index (χ0n) is 54.4. The second kappa shape index (κ2) is 21.2. The molecule has 0 atom stereocenters. The van der Waals surface area contributed by atoms with E-state index in [1.807, 2.05) is 60.7 Å². The maximum Gasteiger partial charge on any atom is 0.346 e. The molecule has 0 aromatic heterocycles. The van der Waals surface area contributed by atoms with Crippen molar-refractivity contribution >= 4 is 55.0 Å². The Kier molecular flexibility index (Phi) is 15.2. The number of hydrogen-bond acceptors (Lipinski definition) is 7. The highest BCUT2D eigenvalue weighted by Gasteiger charge is 2.37. The highest BCUT2D eigenvalue weighted by molar-refractivity contribution is 6.41. The van der Waals surface area contributed by atoms with Gasteiger partial charge < -0.3 is 23.7 Å². The second-order valence-corrected chi connectivity index (χ2v) is 32.0. The quantitative estimate of drug-likeness (QED) is 0.0413. The van der Waals surface area contributed by atoms with Gasteiger partial charge in [0.05, 0.1) is 11.1 Å². The van der Waals surface area contributed by atoms with Crippen LogP contribution in [0.25, 0.3) is 43.1 Å². The van der Waals surface area contributed by atoms with Gasteiger partial charge in [-0.2, -0.15) is 0 Å². The molecule has 7 heteroatoms. The molecule has 1 aliphatic rings. The summed E-state index contributed by atoms with van der Waals surface area (Å²) in [5, 5.41) is 5.45. The Bertz CT molecular complexity index is 3740. The summed E-state index contributed by atoms with van der Waals surface area (Å²) in [7, 11) is 0. The monoisotopic (exact) mass is 1140 g/mol. The van der Waals surface area contributed by atoms with E-state index in [2.05, 4.69) is 199 Å². The lowest BCUT2D eigenvalue weighted by atomic mass is 9.72. The van der Waals surface area contributed by atoms with Gasteiger partial charge in [-0.25, -0.2) is 9.59 Å². The number of benzene rings is 9. The summed E-state index contributed by atoms with van der Waals surface area (Å²) in [5.74, 6) is 2.77. The smallest absolute Gasteiger partial charge is 0.346 e. The molecule has 0 N–H and O–H groups in total. The Morgan fingerprint density at radius 1 is 0.282 bits per heavy atom. The first-order valence-corrected chi connectivity index (χ1v) is 30.5. The molecule has 0 aliphatic carbocycles. The lowest BCUT2D eigenvalue weighted by Gasteiger charge is -2.33. The molecule has 0 unspecified atom stereocenters. The molecule has 9 aromatic rings. The molecule has 10 rings (SSSR count). The summed E-state index contributed by atoms with van der Waals surface area (Å²) in [5.41, 5.74) is 5.25. The van der Waals surface area contributed by atoms with E-state index in [4.69, 9.17) is 23.7 Å². The van der Waals surface area contributed by atoms with Crippen molar-refractivity contribution in [1.82, 2.24) is 0 Å². The number of hydrogen-bond donors (Lipinski definition) is 0. The predicted molar refractivity (Wildman–Crippen MR) is 352 cm³/mol. The van der Waals surface area contributed by atoms with Crippen molar-refractivity contribution < 1.29 is 33.3 Å². The van der Waals surface area contributed by atoms with Crippen LogP contribution >= 0.6 is 0 Å². The number of carbonyl (C=O) groups excluding carboxylic acids is 2. The topological polar surface area (TPSA) is 80.3 Å². The summed E-state index contributed by atoms with van der Waals surface area (Å²) < 4.78 is 34.5. The van der Waals surface area contributed by atoms with Gasteiger partial charge in [0.15, 0.2) is 0 Å². The number of fused-ring (bicyclic) bond motifs is 2. The first kappa shape index (κ1) is 60.7. The van der Waals surface area contributed by atoms with Crippen LogP contribution in [0.4, 0.5) is 0 Å². The van der Waals surface area contributed by atoms with Crippen LogP contribution in [0.2, 0.25) is 0 Å². The number of cyclic esters (lactones) is 2. The average molecular weight is 1140 g/mol. The number of carbonyl (C=O) groups is 2. The minimum absolute atomic E-state index is 0.0875. The van der Waals surface area contributed by atoms with E-state index in [-0.39, 0.29) is 54.4 Å². The van der Waals surface area contributed by atoms with Crippen molar-refractivity contribution in [2.75, 3.05) is 0 Å². The maximum atomic E-state index is 14.5. The molecule has 0 spiro atoms. The summed E-state index contributed by atoms with van der Waals surface area (Å²) in [6.45, 7) is 45.6. The van der Waals surface area contributed by atoms with Crippen LogP contribution in [-0.4, -0.2) is 11.9 Å². The molecule has 0 saturated heterocycles. The van der Waals surface area contributed by atoms with Crippen LogP contribution < -0.4 is 18.9 Å². The molecule has 0 saturated carbocycles. The summed E-state index contributed by atoms with van der Waals surface area (Å²) in [6, 6.07) is 45.0. The SMILES string of the molecule is CC(C)(C)CC(C)(C)c1ccc(Oc2ccc3ccc(Oc4ccc(C(C)(C)CC(C)(C)C)cc4)c4c5c(Oc6ccc(C(C)(C)CC(C)(C)C)cc6)cc6c7c(cc(Oc8ccc(C(C)(C)CC(C)(C)C)cc8)c(c2c34)c75)C(=O)OC6=O)cc1. The molecule has 7 nitrogen and oxygen atoms in total. The van der Waals surface area contributed by atoms with Crippen LogP contribution in [-0.2, 0) is 26.4 Å². The van der Waals surface area contributed by atoms with Gasteiger partial charge in [-0.3, -0.25) is 0 Å². The third-order valence-corrected chi connectivity index (χ3v) is 16.9. The fourth-order valence-corrected chi connectivity index (χ4v) is 14.9. The van der Waals surface area contributed by atoms with E-state index >= 15 is 0 Å². The third kappa shape index (κ3) is 12.8. The fourth-order valence-electron chi connectivity index (χ4n) is 14.9. The average Bonchev–Trinajstić information content (AvgIpc) is 0.710. The van der Waals surface area contributed by atoms with Crippen molar-refractivity contribution in [3.8, 4) is 46.0 Å². The Morgan fingerprint density at radius 2 is 0.529 bits per heavy atom. The predicted octanol–water partition coefficient (Wildman–Crippen LogP) is 23.1. The summed E-state index contributed by atoms with van der Waals surface area (Å²) in [4.78, 5) is 29.0. The summed E-state index contributed by atoms with van der Waals surface area (Å²) >= 11 is 0. The maximum absolute atomic E-state index is 14.5. The van der Waals surface area contributed by atoms with Crippen molar-refractivity contribution in [2.45, 2.75) is 186 Å². The van der Waals surface area contributed by atoms with Gasteiger partial charge >= 0.3 is 11.9 Å². The zero-order chi connectivity index (χ0) is 61.8. The van der Waals surface area contributed by atoms with Gasteiger partial charge in [0.25, 0.3) is 0 Å². The molecule has 0 amide bonds. The third-order valence-electron chi connectivity index (χ3n) is 16.9. The second-order valence-electron chi connectivity index (χ2n) is 32.0. The zero-order valence-corrected chi connectivity index (χ0v) is 54.4. The molecular weight excluding hydrogens is 1050 g/mol. The van der Waals surface area contributed by atoms with Crippen LogP contribution in [0.3, 0.4) is 0 Å². The molecule has 1 aliphatic heterocycles. The van der Waals surface area contributed by atoms with Crippen molar-refractivity contribution in [3.63, 3.8) is 0 Å². The van der Waals surface area contributed by atoms with Crippen LogP contribution in [0.1, 0.15) is 207 Å². The van der Waals surface area contributed by atoms with Gasteiger partial charge in [-0.1, -0.05) is 199 Å². The Labute approximate surface area is 506 Å². The van der Waals surface area contributed by atoms with E-state index in [1.165, 1.54) is 22.3 Å². The van der Waals surface area contributed by atoms with Crippen molar-refractivity contribution in [3.05, 3.63) is 167 Å². The Balaban J connectivity index is 1.27. The van der Waals surface area contributed by atoms with Crippen molar-refractivity contribution in [1.29, 1.82) is 0 Å². The van der Waals surface area contributed by atoms with Gasteiger partial charge in [-0.15, -0.1) is 0 Å². The Morgan fingerprint density at radius 3 is 0.788 bits per heavy atom. The van der Waals surface area contributed by atoms with E-state index < -0.39 is 11.9 Å². The summed E-state index contributed by atoms with van der Waals surface area (Å²) in [6.07, 6.45) is 3.95. The molecule has 85 heavy (non-hydrogen) atoms. The minimum atomic E-state index is -0.768. The minimum Gasteiger partial charge on any atom is -0.457 e. The van der Waals surface area contributed by atoms with Gasteiger partial charge in [-0.05, 0) is 169 Å². The lowest BCUT2D eigenvalue weighted by molar-refractivity contribution is 0.0390. The van der Waals surface area contributed by atoms with E-state index in [0.29, 0.717) is 78.3 Å². The normalized spacial score (nSPS) is 14.0. The fraction of sp³-hybridized carbons (Fsp3) is 0.410. The molecule has 9 aromatic carbocycles. The molecular formula is C78H90O7. The first-order valence-electron chi connectivity index (χ1n) is 30.5. The lowest BCUT2D eigenvalue weighted by Crippen LogP contribution is -2.24. The largest absolute Gasteiger partial charge is 0.457 e. The van der Waals surface area contributed by atoms with Crippen molar-refractivity contribution in [2.24, 2.45) is 21.7 Å². The molecule has 0 fully saturated rings. The van der Waals surface area contributed by atoms with E-state index in [9.17, 15) is 9.59 Å². The molecule has 444 valence electrons. The van der Waals surface area contributed by atoms with Crippen LogP contribution in [0.5, 0.6) is 46.0 Å². The first-order chi connectivity index (χ1) is 39.4. The van der Waals surface area contributed by atoms with Crippen LogP contribution in [0.15, 0.2) is 133 Å². The Hall–Kier alpha value is -7.38. The van der Waals surface area contributed by atoms with Gasteiger partial charge in [0.2, 0.25) is 0 Å². The van der Waals surface area contributed by atoms with E-state index in [1.54, 1.807) is 12.1 Å². The van der Waals surface area contributed by atoms with E-state index in [0.717, 1.165) is 36.5 Å². The molecule has 0 radical (unpaired) electrons. The number of rotatable bonds is 16. The highest BCUT2D eigenvalue weighted by Crippen LogP contribution is 2.56. The van der Waals surface area contributed by atoms with Gasteiger partial charge in [0.1, 0.15) is 46.0 Å².